The van der Waals surface area contributed by atoms with Crippen molar-refractivity contribution in [1.29, 1.82) is 0 Å². The van der Waals surface area contributed by atoms with E-state index in [-0.39, 0.29) is 12.1 Å². The summed E-state index contributed by atoms with van der Waals surface area (Å²) in [7, 11) is 0. The number of rotatable bonds is 4. The van der Waals surface area contributed by atoms with Gasteiger partial charge in [0.1, 0.15) is 5.82 Å². The molecule has 0 aliphatic rings. The molecule has 2 rings (SSSR count). The number of nitrogens with one attached hydrogen (secondary N) is 2. The monoisotopic (exact) mass is 306 g/mol. The number of carbonyl (C=O) groups is 2. The van der Waals surface area contributed by atoms with E-state index in [0.717, 1.165) is 6.07 Å². The highest BCUT2D eigenvalue weighted by atomic mass is 35.5. The van der Waals surface area contributed by atoms with E-state index in [1.807, 2.05) is 0 Å². The summed E-state index contributed by atoms with van der Waals surface area (Å²) in [6.45, 7) is -0.236. The average Bonchev–Trinajstić information content (AvgIpc) is 2.47. The van der Waals surface area contributed by atoms with Crippen LogP contribution in [0.2, 0.25) is 5.02 Å². The third kappa shape index (κ3) is 4.29. The van der Waals surface area contributed by atoms with Crippen LogP contribution in [0.25, 0.3) is 0 Å². The van der Waals surface area contributed by atoms with Crippen LogP contribution in [0.1, 0.15) is 10.4 Å². The summed E-state index contributed by atoms with van der Waals surface area (Å²) < 4.78 is 13.0. The first-order valence-corrected chi connectivity index (χ1v) is 6.52. The van der Waals surface area contributed by atoms with E-state index in [9.17, 15) is 14.0 Å². The zero-order valence-electron chi connectivity index (χ0n) is 10.9. The van der Waals surface area contributed by atoms with Gasteiger partial charge in [0, 0.05) is 5.56 Å². The molecule has 0 unspecified atom stereocenters. The Morgan fingerprint density at radius 2 is 1.86 bits per heavy atom. The molecule has 0 heterocycles. The van der Waals surface area contributed by atoms with Crippen molar-refractivity contribution in [2.24, 2.45) is 0 Å². The molecule has 0 atom stereocenters. The van der Waals surface area contributed by atoms with E-state index in [4.69, 9.17) is 11.6 Å². The van der Waals surface area contributed by atoms with Crippen molar-refractivity contribution in [1.82, 2.24) is 5.32 Å². The molecule has 0 aliphatic carbocycles. The van der Waals surface area contributed by atoms with Gasteiger partial charge in [0.2, 0.25) is 5.91 Å². The predicted octanol–water partition coefficient (Wildman–Crippen LogP) is 2.85. The lowest BCUT2D eigenvalue weighted by atomic mass is 10.2. The van der Waals surface area contributed by atoms with Crippen molar-refractivity contribution >= 4 is 29.1 Å². The largest absolute Gasteiger partial charge is 0.343 e. The van der Waals surface area contributed by atoms with Crippen LogP contribution < -0.4 is 10.6 Å². The third-order valence-corrected chi connectivity index (χ3v) is 2.97. The summed E-state index contributed by atoms with van der Waals surface area (Å²) in [5, 5.41) is 5.38. The Hall–Kier alpha value is -2.40. The fraction of sp³-hybridized carbons (Fsp3) is 0.0667. The second-order valence-corrected chi connectivity index (χ2v) is 4.63. The summed E-state index contributed by atoms with van der Waals surface area (Å²) in [6.07, 6.45) is 0. The lowest BCUT2D eigenvalue weighted by Crippen LogP contribution is -2.32. The fourth-order valence-electron chi connectivity index (χ4n) is 1.65. The van der Waals surface area contributed by atoms with Crippen molar-refractivity contribution in [2.45, 2.75) is 0 Å². The number of amides is 2. The molecule has 4 nitrogen and oxygen atoms in total. The molecule has 2 aromatic rings. The standard InChI is InChI=1S/C15H12ClFN2O2/c16-12-6-1-2-7-13(12)19-14(20)9-18-15(21)10-4-3-5-11(17)8-10/h1-8H,9H2,(H,18,21)(H,19,20). The molecule has 108 valence electrons. The number of carbonyl (C=O) groups excluding carboxylic acids is 2. The van der Waals surface area contributed by atoms with Gasteiger partial charge in [0.15, 0.2) is 0 Å². The maximum atomic E-state index is 13.0. The van der Waals surface area contributed by atoms with Crippen LogP contribution in [0.15, 0.2) is 48.5 Å². The number of para-hydroxylation sites is 1. The molecule has 2 aromatic carbocycles. The van der Waals surface area contributed by atoms with E-state index < -0.39 is 17.6 Å². The summed E-state index contributed by atoms with van der Waals surface area (Å²) in [4.78, 5) is 23.4. The van der Waals surface area contributed by atoms with Crippen LogP contribution in [0.3, 0.4) is 0 Å². The summed E-state index contributed by atoms with van der Waals surface area (Å²) in [6, 6.07) is 12.0. The van der Waals surface area contributed by atoms with Crippen LogP contribution in [0.4, 0.5) is 10.1 Å². The van der Waals surface area contributed by atoms with Crippen LogP contribution in [0.5, 0.6) is 0 Å². The minimum absolute atomic E-state index is 0.153. The Bertz CT molecular complexity index is 676. The quantitative estimate of drug-likeness (QED) is 0.912. The summed E-state index contributed by atoms with van der Waals surface area (Å²) in [5.74, 6) is -1.46. The van der Waals surface area contributed by atoms with Crippen LogP contribution in [-0.2, 0) is 4.79 Å². The molecule has 0 aromatic heterocycles. The maximum Gasteiger partial charge on any atom is 0.251 e. The normalized spacial score (nSPS) is 10.0. The number of hydrogen-bond acceptors (Lipinski definition) is 2. The molecule has 0 aliphatic heterocycles. The molecule has 2 amide bonds. The van der Waals surface area contributed by atoms with Gasteiger partial charge in [-0.25, -0.2) is 4.39 Å². The number of benzene rings is 2. The third-order valence-electron chi connectivity index (χ3n) is 2.64. The van der Waals surface area contributed by atoms with Crippen molar-refractivity contribution < 1.29 is 14.0 Å². The highest BCUT2D eigenvalue weighted by Gasteiger charge is 2.09. The van der Waals surface area contributed by atoms with Gasteiger partial charge in [-0.2, -0.15) is 0 Å². The van der Waals surface area contributed by atoms with Gasteiger partial charge in [-0.3, -0.25) is 9.59 Å². The molecule has 0 radical (unpaired) electrons. The Kier molecular flexibility index (Phi) is 4.90. The summed E-state index contributed by atoms with van der Waals surface area (Å²) in [5.41, 5.74) is 0.615. The topological polar surface area (TPSA) is 58.2 Å². The van der Waals surface area contributed by atoms with Gasteiger partial charge >= 0.3 is 0 Å². The zero-order valence-corrected chi connectivity index (χ0v) is 11.7. The molecule has 0 spiro atoms. The molecule has 2 N–H and O–H groups in total. The van der Waals surface area contributed by atoms with Gasteiger partial charge in [-0.05, 0) is 30.3 Å². The first-order chi connectivity index (χ1) is 10.1. The number of halogens is 2. The summed E-state index contributed by atoms with van der Waals surface area (Å²) >= 11 is 5.90. The zero-order chi connectivity index (χ0) is 15.2. The van der Waals surface area contributed by atoms with Gasteiger partial charge in [0.05, 0.1) is 17.3 Å². The molecule has 0 saturated heterocycles. The van der Waals surface area contributed by atoms with Gasteiger partial charge < -0.3 is 10.6 Å². The Balaban J connectivity index is 1.90. The van der Waals surface area contributed by atoms with E-state index in [0.29, 0.717) is 10.7 Å². The maximum absolute atomic E-state index is 13.0. The average molecular weight is 307 g/mol. The van der Waals surface area contributed by atoms with E-state index in [1.165, 1.54) is 18.2 Å². The van der Waals surface area contributed by atoms with Crippen LogP contribution in [0, 0.1) is 5.82 Å². The van der Waals surface area contributed by atoms with Gasteiger partial charge in [0.25, 0.3) is 5.91 Å². The highest BCUT2D eigenvalue weighted by Crippen LogP contribution is 2.19. The van der Waals surface area contributed by atoms with Crippen molar-refractivity contribution in [2.75, 3.05) is 11.9 Å². The predicted molar refractivity (Wildman–Crippen MR) is 78.8 cm³/mol. The molecule has 6 heteroatoms. The van der Waals surface area contributed by atoms with Crippen molar-refractivity contribution in [3.8, 4) is 0 Å². The molecule has 21 heavy (non-hydrogen) atoms. The van der Waals surface area contributed by atoms with E-state index in [1.54, 1.807) is 24.3 Å². The smallest absolute Gasteiger partial charge is 0.251 e. The van der Waals surface area contributed by atoms with Gasteiger partial charge in [-0.1, -0.05) is 29.8 Å². The minimum Gasteiger partial charge on any atom is -0.343 e. The Morgan fingerprint density at radius 1 is 1.10 bits per heavy atom. The second kappa shape index (κ2) is 6.85. The lowest BCUT2D eigenvalue weighted by Gasteiger charge is -2.08. The first kappa shape index (κ1) is 15.0. The molecule has 0 fully saturated rings. The van der Waals surface area contributed by atoms with E-state index in [2.05, 4.69) is 10.6 Å². The number of hydrogen-bond donors (Lipinski definition) is 2. The first-order valence-electron chi connectivity index (χ1n) is 6.14. The minimum atomic E-state index is -0.524. The second-order valence-electron chi connectivity index (χ2n) is 4.22. The van der Waals surface area contributed by atoms with Crippen molar-refractivity contribution in [3.63, 3.8) is 0 Å². The van der Waals surface area contributed by atoms with E-state index >= 15 is 0 Å². The van der Waals surface area contributed by atoms with Crippen LogP contribution in [-0.4, -0.2) is 18.4 Å². The van der Waals surface area contributed by atoms with Crippen molar-refractivity contribution in [3.05, 3.63) is 64.9 Å². The molecular weight excluding hydrogens is 295 g/mol. The van der Waals surface area contributed by atoms with Crippen LogP contribution >= 0.6 is 11.6 Å². The molecule has 0 bridgehead atoms. The lowest BCUT2D eigenvalue weighted by molar-refractivity contribution is -0.115. The molecule has 0 saturated carbocycles. The van der Waals surface area contributed by atoms with Gasteiger partial charge in [-0.15, -0.1) is 0 Å². The highest BCUT2D eigenvalue weighted by molar-refractivity contribution is 6.33. The fourth-order valence-corrected chi connectivity index (χ4v) is 1.83. The number of anilines is 1. The Labute approximate surface area is 125 Å². The SMILES string of the molecule is O=C(CNC(=O)c1cccc(F)c1)Nc1ccccc1Cl. The Morgan fingerprint density at radius 3 is 2.57 bits per heavy atom. The molecular formula is C15H12ClFN2O2.